The van der Waals surface area contributed by atoms with E-state index in [1.54, 1.807) is 0 Å². The fraction of sp³-hybridized carbons (Fsp3) is 0.571. The zero-order valence-corrected chi connectivity index (χ0v) is 16.9. The number of carbonyl (C=O) groups is 2. The Morgan fingerprint density at radius 2 is 1.81 bits per heavy atom. The largest absolute Gasteiger partial charge is 0.341 e. The molecule has 0 atom stereocenters. The Labute approximate surface area is 161 Å². The van der Waals surface area contributed by atoms with Gasteiger partial charge in [0.15, 0.2) is 0 Å². The minimum Gasteiger partial charge on any atom is -0.341 e. The zero-order valence-electron chi connectivity index (χ0n) is 16.9. The highest BCUT2D eigenvalue weighted by molar-refractivity contribution is 5.97. The van der Waals surface area contributed by atoms with Gasteiger partial charge in [-0.1, -0.05) is 6.92 Å². The number of imidazole rings is 1. The molecule has 6 heteroatoms. The van der Waals surface area contributed by atoms with Crippen molar-refractivity contribution < 1.29 is 9.59 Å². The van der Waals surface area contributed by atoms with Crippen molar-refractivity contribution in [2.45, 2.75) is 53.0 Å². The van der Waals surface area contributed by atoms with Crippen LogP contribution in [0.4, 0.5) is 0 Å². The molecule has 2 amide bonds. The average molecular weight is 370 g/mol. The summed E-state index contributed by atoms with van der Waals surface area (Å²) < 4.78 is 2.19. The van der Waals surface area contributed by atoms with E-state index in [4.69, 9.17) is 0 Å². The summed E-state index contributed by atoms with van der Waals surface area (Å²) in [6.07, 6.45) is 2.27. The van der Waals surface area contributed by atoms with Crippen LogP contribution in [0.2, 0.25) is 0 Å². The van der Waals surface area contributed by atoms with Crippen LogP contribution in [0.1, 0.15) is 62.3 Å². The second kappa shape index (κ2) is 8.11. The number of hydrogen-bond donors (Lipinski definition) is 0. The summed E-state index contributed by atoms with van der Waals surface area (Å²) in [4.78, 5) is 33.6. The van der Waals surface area contributed by atoms with E-state index in [9.17, 15) is 9.59 Å². The van der Waals surface area contributed by atoms with Crippen LogP contribution in [0, 0.1) is 6.92 Å². The lowest BCUT2D eigenvalue weighted by molar-refractivity contribution is -0.131. The minimum absolute atomic E-state index is 0.0263. The van der Waals surface area contributed by atoms with Crippen LogP contribution in [0.3, 0.4) is 0 Å². The summed E-state index contributed by atoms with van der Waals surface area (Å²) in [5.41, 5.74) is 2.59. The van der Waals surface area contributed by atoms with Gasteiger partial charge in [-0.3, -0.25) is 9.59 Å². The average Bonchev–Trinajstić information content (AvgIpc) is 2.80. The molecule has 1 fully saturated rings. The molecule has 146 valence electrons. The molecule has 6 nitrogen and oxygen atoms in total. The Morgan fingerprint density at radius 1 is 1.11 bits per heavy atom. The van der Waals surface area contributed by atoms with Crippen molar-refractivity contribution in [3.8, 4) is 0 Å². The Hall–Kier alpha value is -2.37. The van der Waals surface area contributed by atoms with Crippen LogP contribution < -0.4 is 0 Å². The van der Waals surface area contributed by atoms with Gasteiger partial charge in [-0.05, 0) is 51.8 Å². The van der Waals surface area contributed by atoms with Gasteiger partial charge >= 0.3 is 0 Å². The molecule has 0 saturated carbocycles. The first kappa shape index (κ1) is 19.4. The van der Waals surface area contributed by atoms with E-state index >= 15 is 0 Å². The number of rotatable bonds is 4. The van der Waals surface area contributed by atoms with Crippen LogP contribution in [0.5, 0.6) is 0 Å². The molecule has 0 spiro atoms. The fourth-order valence-corrected chi connectivity index (χ4v) is 3.93. The number of aromatic nitrogens is 2. The van der Waals surface area contributed by atoms with E-state index in [0.717, 1.165) is 36.2 Å². The summed E-state index contributed by atoms with van der Waals surface area (Å²) in [6.45, 7) is 10.9. The first-order valence-corrected chi connectivity index (χ1v) is 9.98. The van der Waals surface area contributed by atoms with Crippen molar-refractivity contribution >= 4 is 22.8 Å². The van der Waals surface area contributed by atoms with Gasteiger partial charge in [-0.15, -0.1) is 0 Å². The van der Waals surface area contributed by atoms with Crippen molar-refractivity contribution in [3.63, 3.8) is 0 Å². The predicted octanol–water partition coefficient (Wildman–Crippen LogP) is 3.40. The van der Waals surface area contributed by atoms with E-state index in [-0.39, 0.29) is 11.8 Å². The van der Waals surface area contributed by atoms with Crippen molar-refractivity contribution in [2.24, 2.45) is 0 Å². The highest BCUT2D eigenvalue weighted by Gasteiger charge is 2.23. The Bertz CT molecular complexity index is 840. The number of fused-ring (bicyclic) bond motifs is 1. The third kappa shape index (κ3) is 3.99. The van der Waals surface area contributed by atoms with E-state index < -0.39 is 0 Å². The molecular formula is C21H30N4O2. The molecule has 0 bridgehead atoms. The van der Waals surface area contributed by atoms with Crippen LogP contribution in [0.25, 0.3) is 11.0 Å². The van der Waals surface area contributed by atoms with E-state index in [1.165, 1.54) is 0 Å². The zero-order chi connectivity index (χ0) is 19.6. The molecular weight excluding hydrogens is 340 g/mol. The summed E-state index contributed by atoms with van der Waals surface area (Å²) in [7, 11) is 0. The van der Waals surface area contributed by atoms with E-state index in [2.05, 4.69) is 23.4 Å². The molecule has 1 aromatic carbocycles. The quantitative estimate of drug-likeness (QED) is 0.829. The van der Waals surface area contributed by atoms with Crippen molar-refractivity contribution in [1.82, 2.24) is 19.4 Å². The first-order valence-electron chi connectivity index (χ1n) is 9.98. The van der Waals surface area contributed by atoms with Gasteiger partial charge in [0.2, 0.25) is 5.91 Å². The third-order valence-electron chi connectivity index (χ3n) is 5.23. The maximum atomic E-state index is 13.0. The summed E-state index contributed by atoms with van der Waals surface area (Å²) >= 11 is 0. The number of nitrogens with zero attached hydrogens (tertiary/aromatic N) is 4. The van der Waals surface area contributed by atoms with E-state index in [1.807, 2.05) is 41.8 Å². The monoisotopic (exact) mass is 370 g/mol. The molecule has 1 saturated heterocycles. The molecule has 1 aromatic heterocycles. The molecule has 0 unspecified atom stereocenters. The van der Waals surface area contributed by atoms with Gasteiger partial charge in [0.05, 0.1) is 11.0 Å². The maximum Gasteiger partial charge on any atom is 0.253 e. The molecule has 2 heterocycles. The number of aryl methyl sites for hydroxylation is 1. The van der Waals surface area contributed by atoms with Gasteiger partial charge in [0.1, 0.15) is 5.82 Å². The third-order valence-corrected chi connectivity index (χ3v) is 5.23. The minimum atomic E-state index is 0.0263. The Morgan fingerprint density at radius 3 is 2.52 bits per heavy atom. The fourth-order valence-electron chi connectivity index (χ4n) is 3.93. The van der Waals surface area contributed by atoms with Gasteiger partial charge in [-0.2, -0.15) is 0 Å². The second-order valence-corrected chi connectivity index (χ2v) is 7.60. The Balaban J connectivity index is 1.76. The molecule has 0 aliphatic carbocycles. The highest BCUT2D eigenvalue weighted by Crippen LogP contribution is 2.22. The first-order chi connectivity index (χ1) is 12.9. The maximum absolute atomic E-state index is 13.0. The summed E-state index contributed by atoms with van der Waals surface area (Å²) in [5.74, 6) is 1.19. The lowest BCUT2D eigenvalue weighted by Gasteiger charge is -2.22. The van der Waals surface area contributed by atoms with Crippen molar-refractivity contribution in [2.75, 3.05) is 26.2 Å². The number of benzene rings is 1. The summed E-state index contributed by atoms with van der Waals surface area (Å²) in [6, 6.07) is 6.12. The van der Waals surface area contributed by atoms with Crippen molar-refractivity contribution in [1.29, 1.82) is 0 Å². The van der Waals surface area contributed by atoms with Gasteiger partial charge in [0.25, 0.3) is 5.91 Å². The van der Waals surface area contributed by atoms with Crippen LogP contribution >= 0.6 is 0 Å². The Kier molecular flexibility index (Phi) is 5.82. The molecule has 3 rings (SSSR count). The van der Waals surface area contributed by atoms with Gasteiger partial charge in [0, 0.05) is 44.2 Å². The molecule has 0 radical (unpaired) electrons. The smallest absolute Gasteiger partial charge is 0.253 e. The lowest BCUT2D eigenvalue weighted by Crippen LogP contribution is -2.37. The number of amides is 2. The van der Waals surface area contributed by atoms with Crippen LogP contribution in [-0.2, 0) is 4.79 Å². The van der Waals surface area contributed by atoms with E-state index in [0.29, 0.717) is 37.7 Å². The normalized spacial score (nSPS) is 15.4. The predicted molar refractivity (Wildman–Crippen MR) is 107 cm³/mol. The highest BCUT2D eigenvalue weighted by atomic mass is 16.2. The van der Waals surface area contributed by atoms with Gasteiger partial charge < -0.3 is 14.4 Å². The molecule has 0 N–H and O–H groups in total. The van der Waals surface area contributed by atoms with Crippen LogP contribution in [-0.4, -0.2) is 57.3 Å². The van der Waals surface area contributed by atoms with Gasteiger partial charge in [-0.25, -0.2) is 4.98 Å². The second-order valence-electron chi connectivity index (χ2n) is 7.60. The lowest BCUT2D eigenvalue weighted by atomic mass is 10.1. The van der Waals surface area contributed by atoms with Crippen molar-refractivity contribution in [3.05, 3.63) is 29.6 Å². The topological polar surface area (TPSA) is 58.4 Å². The number of carbonyl (C=O) groups excluding carboxylic acids is 2. The standard InChI is InChI=1S/C21H30N4O2/c1-5-7-20(26)23-10-6-11-24(13-12-23)21(27)17-8-9-19-18(14-17)22-16(4)25(19)15(2)3/h8-9,14-15H,5-7,10-13H2,1-4H3. The molecule has 1 aliphatic heterocycles. The van der Waals surface area contributed by atoms with Crippen LogP contribution in [0.15, 0.2) is 18.2 Å². The SMILES string of the molecule is CCCC(=O)N1CCCN(C(=O)c2ccc3c(c2)nc(C)n3C(C)C)CC1. The number of hydrogen-bond acceptors (Lipinski definition) is 3. The molecule has 1 aliphatic rings. The summed E-state index contributed by atoms with van der Waals surface area (Å²) in [5, 5.41) is 0. The molecule has 27 heavy (non-hydrogen) atoms. The molecule has 2 aromatic rings.